The third-order valence-electron chi connectivity index (χ3n) is 2.21. The molecule has 0 amide bonds. The van der Waals surface area contributed by atoms with Gasteiger partial charge in [0, 0.05) is 5.56 Å². The first-order valence-electron chi connectivity index (χ1n) is 4.80. The Balaban J connectivity index is 2.27. The monoisotopic (exact) mass is 285 g/mol. The largest absolute Gasteiger partial charge is 0.472 e. The van der Waals surface area contributed by atoms with Crippen LogP contribution in [0.25, 0.3) is 0 Å². The van der Waals surface area contributed by atoms with Crippen molar-refractivity contribution in [3.63, 3.8) is 0 Å². The molecule has 2 aromatic rings. The average molecular weight is 286 g/mol. The molecule has 1 N–H and O–H groups in total. The Hall–Kier alpha value is -0.580. The quantitative estimate of drug-likeness (QED) is 0.924. The Morgan fingerprint density at radius 2 is 2.40 bits per heavy atom. The number of halogens is 1. The van der Waals surface area contributed by atoms with Crippen molar-refractivity contribution in [1.82, 2.24) is 5.32 Å². The summed E-state index contributed by atoms with van der Waals surface area (Å²) in [5.41, 5.74) is 2.44. The molecular weight excluding hydrogens is 274 g/mol. The van der Waals surface area contributed by atoms with E-state index in [1.165, 1.54) is 11.1 Å². The number of rotatable bonds is 4. The van der Waals surface area contributed by atoms with E-state index in [1.54, 1.807) is 23.9 Å². The lowest BCUT2D eigenvalue weighted by atomic mass is 10.1. The number of thiophene rings is 1. The highest BCUT2D eigenvalue weighted by atomic mass is 79.9. The fourth-order valence-electron chi connectivity index (χ4n) is 1.55. The van der Waals surface area contributed by atoms with Crippen LogP contribution in [-0.4, -0.2) is 6.54 Å². The van der Waals surface area contributed by atoms with Gasteiger partial charge in [-0.1, -0.05) is 6.92 Å². The fourth-order valence-corrected chi connectivity index (χ4v) is 2.75. The maximum atomic E-state index is 5.12. The van der Waals surface area contributed by atoms with E-state index in [1.807, 2.05) is 6.07 Å². The number of hydrogen-bond acceptors (Lipinski definition) is 3. The molecule has 0 radical (unpaired) electrons. The number of furan rings is 1. The van der Waals surface area contributed by atoms with Crippen LogP contribution in [0.2, 0.25) is 0 Å². The lowest BCUT2D eigenvalue weighted by molar-refractivity contribution is 0.553. The normalized spacial score (nSPS) is 12.9. The van der Waals surface area contributed by atoms with Gasteiger partial charge >= 0.3 is 0 Å². The lowest BCUT2D eigenvalue weighted by Gasteiger charge is -2.14. The van der Waals surface area contributed by atoms with Crippen LogP contribution in [0.1, 0.15) is 24.1 Å². The van der Waals surface area contributed by atoms with E-state index in [2.05, 4.69) is 39.6 Å². The van der Waals surface area contributed by atoms with Crippen molar-refractivity contribution in [1.29, 1.82) is 0 Å². The predicted molar refractivity (Wildman–Crippen MR) is 66.2 cm³/mol. The zero-order chi connectivity index (χ0) is 10.7. The molecule has 15 heavy (non-hydrogen) atoms. The van der Waals surface area contributed by atoms with Crippen LogP contribution in [0.15, 0.2) is 38.2 Å². The second-order valence-electron chi connectivity index (χ2n) is 3.23. The summed E-state index contributed by atoms with van der Waals surface area (Å²) in [6, 6.07) is 4.38. The highest BCUT2D eigenvalue weighted by molar-refractivity contribution is 9.11. The molecule has 0 aliphatic carbocycles. The maximum Gasteiger partial charge on any atom is 0.0953 e. The van der Waals surface area contributed by atoms with E-state index in [4.69, 9.17) is 4.42 Å². The molecule has 2 rings (SSSR count). The Morgan fingerprint density at radius 3 is 2.93 bits per heavy atom. The highest BCUT2D eigenvalue weighted by Gasteiger charge is 2.15. The topological polar surface area (TPSA) is 25.2 Å². The second-order valence-corrected chi connectivity index (χ2v) is 5.52. The molecule has 1 atom stereocenters. The summed E-state index contributed by atoms with van der Waals surface area (Å²) in [4.78, 5) is 0. The standard InChI is InChI=1S/C11H12BrNOS/c1-2-13-11(8-3-4-14-6-8)9-5-10(12)15-7-9/h3-7,11,13H,2H2,1H3. The van der Waals surface area contributed by atoms with Crippen LogP contribution in [0.5, 0.6) is 0 Å². The first-order chi connectivity index (χ1) is 7.31. The molecule has 4 heteroatoms. The van der Waals surface area contributed by atoms with E-state index in [0.717, 1.165) is 10.3 Å². The Kier molecular flexibility index (Phi) is 3.61. The first-order valence-corrected chi connectivity index (χ1v) is 6.48. The van der Waals surface area contributed by atoms with Crippen LogP contribution >= 0.6 is 27.3 Å². The van der Waals surface area contributed by atoms with E-state index in [-0.39, 0.29) is 6.04 Å². The minimum absolute atomic E-state index is 0.233. The third kappa shape index (κ3) is 2.51. The molecule has 2 heterocycles. The molecule has 0 saturated heterocycles. The Bertz CT molecular complexity index is 410. The summed E-state index contributed by atoms with van der Waals surface area (Å²) in [5.74, 6) is 0. The van der Waals surface area contributed by atoms with Gasteiger partial charge in [-0.3, -0.25) is 0 Å². The molecule has 0 aliphatic rings. The van der Waals surface area contributed by atoms with Gasteiger partial charge in [0.15, 0.2) is 0 Å². The van der Waals surface area contributed by atoms with Crippen LogP contribution < -0.4 is 5.32 Å². The van der Waals surface area contributed by atoms with Gasteiger partial charge in [-0.2, -0.15) is 0 Å². The zero-order valence-electron chi connectivity index (χ0n) is 8.37. The van der Waals surface area contributed by atoms with Gasteiger partial charge in [-0.15, -0.1) is 11.3 Å². The van der Waals surface area contributed by atoms with E-state index < -0.39 is 0 Å². The Morgan fingerprint density at radius 1 is 1.53 bits per heavy atom. The molecule has 0 aliphatic heterocycles. The van der Waals surface area contributed by atoms with Crippen molar-refractivity contribution < 1.29 is 4.42 Å². The van der Waals surface area contributed by atoms with Crippen molar-refractivity contribution in [3.05, 3.63) is 45.0 Å². The van der Waals surface area contributed by atoms with Crippen LogP contribution in [0, 0.1) is 0 Å². The SMILES string of the molecule is CCNC(c1ccoc1)c1csc(Br)c1. The van der Waals surface area contributed by atoms with Crippen molar-refractivity contribution in [2.45, 2.75) is 13.0 Å². The molecule has 0 fully saturated rings. The highest BCUT2D eigenvalue weighted by Crippen LogP contribution is 2.29. The number of nitrogens with one attached hydrogen (secondary N) is 1. The molecule has 0 aromatic carbocycles. The maximum absolute atomic E-state index is 5.12. The van der Waals surface area contributed by atoms with Gasteiger partial charge in [-0.05, 0) is 45.6 Å². The van der Waals surface area contributed by atoms with Crippen molar-refractivity contribution in [2.75, 3.05) is 6.54 Å². The minimum atomic E-state index is 0.233. The lowest BCUT2D eigenvalue weighted by Crippen LogP contribution is -2.20. The van der Waals surface area contributed by atoms with Gasteiger partial charge in [0.05, 0.1) is 22.4 Å². The second kappa shape index (κ2) is 4.96. The molecule has 0 saturated carbocycles. The molecular formula is C11H12BrNOS. The average Bonchev–Trinajstić information content (AvgIpc) is 2.85. The molecule has 0 spiro atoms. The van der Waals surface area contributed by atoms with Gasteiger partial charge in [0.25, 0.3) is 0 Å². The van der Waals surface area contributed by atoms with E-state index in [9.17, 15) is 0 Å². The molecule has 1 unspecified atom stereocenters. The summed E-state index contributed by atoms with van der Waals surface area (Å²) in [5, 5.41) is 5.60. The van der Waals surface area contributed by atoms with Gasteiger partial charge < -0.3 is 9.73 Å². The smallest absolute Gasteiger partial charge is 0.0953 e. The molecule has 2 aromatic heterocycles. The zero-order valence-corrected chi connectivity index (χ0v) is 10.8. The first kappa shape index (κ1) is 10.9. The van der Waals surface area contributed by atoms with Crippen molar-refractivity contribution >= 4 is 27.3 Å². The van der Waals surface area contributed by atoms with Crippen molar-refractivity contribution in [2.24, 2.45) is 0 Å². The van der Waals surface area contributed by atoms with E-state index in [0.29, 0.717) is 0 Å². The van der Waals surface area contributed by atoms with Crippen LogP contribution in [-0.2, 0) is 0 Å². The summed E-state index contributed by atoms with van der Waals surface area (Å²) in [6.07, 6.45) is 3.50. The fraction of sp³-hybridized carbons (Fsp3) is 0.273. The van der Waals surface area contributed by atoms with Crippen molar-refractivity contribution in [3.8, 4) is 0 Å². The van der Waals surface area contributed by atoms with Gasteiger partial charge in [0.2, 0.25) is 0 Å². The van der Waals surface area contributed by atoms with Gasteiger partial charge in [-0.25, -0.2) is 0 Å². The predicted octanol–water partition coefficient (Wildman–Crippen LogP) is 3.80. The molecule has 0 bridgehead atoms. The summed E-state index contributed by atoms with van der Waals surface area (Å²) in [7, 11) is 0. The summed E-state index contributed by atoms with van der Waals surface area (Å²) in [6.45, 7) is 3.04. The third-order valence-corrected chi connectivity index (χ3v) is 3.73. The number of hydrogen-bond donors (Lipinski definition) is 1. The Labute approximate surface area is 101 Å². The van der Waals surface area contributed by atoms with Crippen LogP contribution in [0.4, 0.5) is 0 Å². The summed E-state index contributed by atoms with van der Waals surface area (Å²) >= 11 is 5.18. The summed E-state index contributed by atoms with van der Waals surface area (Å²) < 4.78 is 6.28. The van der Waals surface area contributed by atoms with Gasteiger partial charge in [0.1, 0.15) is 0 Å². The van der Waals surface area contributed by atoms with E-state index >= 15 is 0 Å². The molecule has 2 nitrogen and oxygen atoms in total. The van der Waals surface area contributed by atoms with Crippen LogP contribution in [0.3, 0.4) is 0 Å². The molecule has 80 valence electrons. The minimum Gasteiger partial charge on any atom is -0.472 e.